The average Bonchev–Trinajstić information content (AvgIpc) is 2.52. The van der Waals surface area contributed by atoms with Crippen molar-refractivity contribution in [2.45, 2.75) is 78.9 Å². The van der Waals surface area contributed by atoms with E-state index in [2.05, 4.69) is 19.9 Å². The van der Waals surface area contributed by atoms with Crippen molar-refractivity contribution in [3.63, 3.8) is 0 Å². The fraction of sp³-hybridized carbons (Fsp3) is 0.600. The lowest BCUT2D eigenvalue weighted by Gasteiger charge is -2.27. The Morgan fingerprint density at radius 1 is 0.917 bits per heavy atom. The van der Waals surface area contributed by atoms with Crippen molar-refractivity contribution >= 4 is 11.9 Å². The van der Waals surface area contributed by atoms with Crippen LogP contribution in [0.4, 0.5) is 0 Å². The molecule has 4 heteroatoms. The van der Waals surface area contributed by atoms with Crippen LogP contribution in [-0.4, -0.2) is 11.9 Å². The molecule has 0 amide bonds. The molecule has 0 bridgehead atoms. The molecule has 1 aromatic rings. The van der Waals surface area contributed by atoms with E-state index in [0.717, 1.165) is 55.2 Å². The molecular formula is C20H28O4. The van der Waals surface area contributed by atoms with E-state index in [-0.39, 0.29) is 6.42 Å². The van der Waals surface area contributed by atoms with Gasteiger partial charge in [-0.2, -0.15) is 0 Å². The Hall–Kier alpha value is -1.84. The summed E-state index contributed by atoms with van der Waals surface area (Å²) in [4.78, 5) is 23.3. The second kappa shape index (κ2) is 8.32. The predicted octanol–water partition coefficient (Wildman–Crippen LogP) is 4.48. The first-order valence-electron chi connectivity index (χ1n) is 8.98. The molecule has 1 heterocycles. The van der Waals surface area contributed by atoms with E-state index >= 15 is 0 Å². The number of hydrogen-bond donors (Lipinski definition) is 0. The summed E-state index contributed by atoms with van der Waals surface area (Å²) >= 11 is 0. The van der Waals surface area contributed by atoms with Crippen molar-refractivity contribution < 1.29 is 19.1 Å². The summed E-state index contributed by atoms with van der Waals surface area (Å²) < 4.78 is 10.7. The molecule has 1 saturated heterocycles. The van der Waals surface area contributed by atoms with Gasteiger partial charge in [-0.1, -0.05) is 32.8 Å². The van der Waals surface area contributed by atoms with Crippen molar-refractivity contribution in [1.29, 1.82) is 0 Å². The molecule has 4 nitrogen and oxygen atoms in total. The lowest BCUT2D eigenvalue weighted by atomic mass is 9.88. The maximum atomic E-state index is 11.7. The Kier molecular flexibility index (Phi) is 6.41. The van der Waals surface area contributed by atoms with Gasteiger partial charge < -0.3 is 9.47 Å². The summed E-state index contributed by atoms with van der Waals surface area (Å²) in [5, 5.41) is 0. The van der Waals surface area contributed by atoms with Crippen LogP contribution in [0.3, 0.4) is 0 Å². The van der Waals surface area contributed by atoms with Gasteiger partial charge in [0.25, 0.3) is 6.29 Å². The quantitative estimate of drug-likeness (QED) is 0.546. The predicted molar refractivity (Wildman–Crippen MR) is 92.7 cm³/mol. The SMILES string of the molecule is CCCCc1cc(CCCC)c(C)c(C2OC(=O)CC(=O)O2)c1C. The Morgan fingerprint density at radius 3 is 1.79 bits per heavy atom. The third-order valence-electron chi connectivity index (χ3n) is 4.72. The molecular weight excluding hydrogens is 304 g/mol. The number of carbonyl (C=O) groups excluding carboxylic acids is 2. The van der Waals surface area contributed by atoms with E-state index in [1.165, 1.54) is 11.1 Å². The number of aryl methyl sites for hydroxylation is 2. The van der Waals surface area contributed by atoms with Gasteiger partial charge in [-0.3, -0.25) is 9.59 Å². The van der Waals surface area contributed by atoms with Gasteiger partial charge in [0.2, 0.25) is 0 Å². The topological polar surface area (TPSA) is 52.6 Å². The van der Waals surface area contributed by atoms with Crippen LogP contribution in [0.25, 0.3) is 0 Å². The number of ether oxygens (including phenoxy) is 2. The lowest BCUT2D eigenvalue weighted by Crippen LogP contribution is -2.28. The van der Waals surface area contributed by atoms with Crippen LogP contribution in [0, 0.1) is 13.8 Å². The molecule has 1 aliphatic rings. The summed E-state index contributed by atoms with van der Waals surface area (Å²) in [7, 11) is 0. The molecule has 132 valence electrons. The molecule has 0 spiro atoms. The zero-order valence-corrected chi connectivity index (χ0v) is 15.2. The van der Waals surface area contributed by atoms with E-state index < -0.39 is 18.2 Å². The van der Waals surface area contributed by atoms with Crippen molar-refractivity contribution in [1.82, 2.24) is 0 Å². The number of carbonyl (C=O) groups is 2. The standard InChI is InChI=1S/C20H28O4/c1-5-7-9-15-11-16(10-8-6-2)14(4)19(13(15)3)20-23-17(21)12-18(22)24-20/h11,20H,5-10,12H2,1-4H3. The summed E-state index contributed by atoms with van der Waals surface area (Å²) in [6, 6.07) is 2.28. The van der Waals surface area contributed by atoms with Crippen LogP contribution in [-0.2, 0) is 31.9 Å². The molecule has 0 saturated carbocycles. The maximum Gasteiger partial charge on any atom is 0.320 e. The molecule has 0 aliphatic carbocycles. The number of benzene rings is 1. The van der Waals surface area contributed by atoms with E-state index in [0.29, 0.717) is 0 Å². The Balaban J connectivity index is 2.46. The monoisotopic (exact) mass is 332 g/mol. The van der Waals surface area contributed by atoms with Gasteiger partial charge in [-0.15, -0.1) is 0 Å². The first-order valence-corrected chi connectivity index (χ1v) is 8.98. The van der Waals surface area contributed by atoms with Gasteiger partial charge in [0.1, 0.15) is 6.42 Å². The van der Waals surface area contributed by atoms with Gasteiger partial charge in [-0.25, -0.2) is 0 Å². The van der Waals surface area contributed by atoms with Gasteiger partial charge in [0.05, 0.1) is 0 Å². The molecule has 0 aromatic heterocycles. The number of unbranched alkanes of at least 4 members (excludes halogenated alkanes) is 2. The molecule has 2 rings (SSSR count). The third-order valence-corrected chi connectivity index (χ3v) is 4.72. The second-order valence-corrected chi connectivity index (χ2v) is 6.55. The highest BCUT2D eigenvalue weighted by Crippen LogP contribution is 2.34. The minimum atomic E-state index is -0.902. The number of cyclic esters (lactones) is 2. The van der Waals surface area contributed by atoms with Crippen LogP contribution in [0.2, 0.25) is 0 Å². The molecule has 0 unspecified atom stereocenters. The van der Waals surface area contributed by atoms with Crippen molar-refractivity contribution in [3.05, 3.63) is 33.9 Å². The second-order valence-electron chi connectivity index (χ2n) is 6.55. The van der Waals surface area contributed by atoms with Crippen LogP contribution in [0.5, 0.6) is 0 Å². The van der Waals surface area contributed by atoms with E-state index in [1.54, 1.807) is 0 Å². The smallest absolute Gasteiger partial charge is 0.320 e. The first kappa shape index (κ1) is 18.5. The highest BCUT2D eigenvalue weighted by molar-refractivity contribution is 5.92. The fourth-order valence-electron chi connectivity index (χ4n) is 3.24. The van der Waals surface area contributed by atoms with E-state index in [4.69, 9.17) is 9.47 Å². The number of hydrogen-bond acceptors (Lipinski definition) is 4. The van der Waals surface area contributed by atoms with Gasteiger partial charge in [-0.05, 0) is 61.8 Å². The minimum absolute atomic E-state index is 0.299. The molecule has 0 atom stereocenters. The molecule has 1 fully saturated rings. The largest absolute Gasteiger partial charge is 0.420 e. The normalized spacial score (nSPS) is 15.3. The molecule has 1 aromatic carbocycles. The minimum Gasteiger partial charge on any atom is -0.420 e. The van der Waals surface area contributed by atoms with Crippen LogP contribution in [0.1, 0.15) is 80.1 Å². The van der Waals surface area contributed by atoms with Crippen molar-refractivity contribution in [2.24, 2.45) is 0 Å². The molecule has 1 aliphatic heterocycles. The molecule has 0 N–H and O–H groups in total. The van der Waals surface area contributed by atoms with E-state index in [9.17, 15) is 9.59 Å². The lowest BCUT2D eigenvalue weighted by molar-refractivity contribution is -0.205. The highest BCUT2D eigenvalue weighted by Gasteiger charge is 2.32. The van der Waals surface area contributed by atoms with Gasteiger partial charge in [0.15, 0.2) is 0 Å². The molecule has 0 radical (unpaired) electrons. The first-order chi connectivity index (χ1) is 11.5. The van der Waals surface area contributed by atoms with Crippen LogP contribution in [0.15, 0.2) is 6.07 Å². The Labute approximate surface area is 144 Å². The summed E-state index contributed by atoms with van der Waals surface area (Å²) in [6.07, 6.45) is 5.25. The van der Waals surface area contributed by atoms with Crippen molar-refractivity contribution in [2.75, 3.05) is 0 Å². The number of esters is 2. The highest BCUT2D eigenvalue weighted by atomic mass is 16.7. The fourth-order valence-corrected chi connectivity index (χ4v) is 3.24. The Bertz CT molecular complexity index is 570. The van der Waals surface area contributed by atoms with Gasteiger partial charge >= 0.3 is 11.9 Å². The zero-order chi connectivity index (χ0) is 17.7. The number of rotatable bonds is 7. The van der Waals surface area contributed by atoms with Crippen LogP contribution >= 0.6 is 0 Å². The summed E-state index contributed by atoms with van der Waals surface area (Å²) in [5.41, 5.74) is 5.54. The Morgan fingerprint density at radius 2 is 1.38 bits per heavy atom. The van der Waals surface area contributed by atoms with Crippen molar-refractivity contribution in [3.8, 4) is 0 Å². The summed E-state index contributed by atoms with van der Waals surface area (Å²) in [6.45, 7) is 8.42. The van der Waals surface area contributed by atoms with E-state index in [1.807, 2.05) is 13.8 Å². The summed E-state index contributed by atoms with van der Waals surface area (Å²) in [5.74, 6) is -1.02. The third kappa shape index (κ3) is 4.16. The molecule has 24 heavy (non-hydrogen) atoms. The van der Waals surface area contributed by atoms with Gasteiger partial charge in [0, 0.05) is 5.56 Å². The zero-order valence-electron chi connectivity index (χ0n) is 15.2. The maximum absolute atomic E-state index is 11.7. The van der Waals surface area contributed by atoms with Crippen LogP contribution < -0.4 is 0 Å². The average molecular weight is 332 g/mol.